The molecule has 0 aliphatic rings. The van der Waals surface area contributed by atoms with Gasteiger partial charge >= 0.3 is 0 Å². The highest BCUT2D eigenvalue weighted by Gasteiger charge is 2.14. The SMILES string of the molecule is CSc1cccc(N=Nc2c(-c3cccs3)nc3ccccn23)c1. The number of aromatic nitrogens is 2. The molecule has 0 fully saturated rings. The van der Waals surface area contributed by atoms with Gasteiger partial charge in [-0.15, -0.1) is 33.3 Å². The van der Waals surface area contributed by atoms with Crippen LogP contribution in [0.3, 0.4) is 0 Å². The quantitative estimate of drug-likeness (QED) is 0.325. The molecule has 0 bridgehead atoms. The highest BCUT2D eigenvalue weighted by molar-refractivity contribution is 7.98. The number of imidazole rings is 1. The molecule has 0 radical (unpaired) electrons. The van der Waals surface area contributed by atoms with E-state index in [1.165, 1.54) is 4.90 Å². The third kappa shape index (κ3) is 2.86. The molecule has 3 aromatic heterocycles. The maximum atomic E-state index is 4.72. The first-order valence-corrected chi connectivity index (χ1v) is 9.52. The number of fused-ring (bicyclic) bond motifs is 1. The fraction of sp³-hybridized carbons (Fsp3) is 0.0556. The molecule has 0 unspecified atom stereocenters. The third-order valence-electron chi connectivity index (χ3n) is 3.57. The van der Waals surface area contributed by atoms with Gasteiger partial charge in [-0.1, -0.05) is 18.2 Å². The van der Waals surface area contributed by atoms with E-state index >= 15 is 0 Å². The Kier molecular flexibility index (Phi) is 4.15. The van der Waals surface area contributed by atoms with Crippen LogP contribution in [0.25, 0.3) is 16.2 Å². The second-order valence-corrected chi connectivity index (χ2v) is 6.92. The number of benzene rings is 1. The predicted octanol–water partition coefficient (Wildman–Crippen LogP) is 6.20. The first kappa shape index (κ1) is 15.1. The van der Waals surface area contributed by atoms with Gasteiger partial charge in [0, 0.05) is 11.1 Å². The lowest BCUT2D eigenvalue weighted by atomic mass is 10.3. The summed E-state index contributed by atoms with van der Waals surface area (Å²) in [5, 5.41) is 11.0. The second-order valence-electron chi connectivity index (χ2n) is 5.09. The van der Waals surface area contributed by atoms with Gasteiger partial charge in [0.1, 0.15) is 11.3 Å². The lowest BCUT2D eigenvalue weighted by Gasteiger charge is -1.99. The van der Waals surface area contributed by atoms with Crippen LogP contribution in [0.2, 0.25) is 0 Å². The third-order valence-corrected chi connectivity index (χ3v) is 5.17. The van der Waals surface area contributed by atoms with Crippen molar-refractivity contribution in [3.8, 4) is 10.6 Å². The molecule has 0 saturated carbocycles. The Balaban J connectivity index is 1.83. The molecule has 4 nitrogen and oxygen atoms in total. The summed E-state index contributed by atoms with van der Waals surface area (Å²) >= 11 is 3.34. The lowest BCUT2D eigenvalue weighted by Crippen LogP contribution is -1.80. The first-order valence-electron chi connectivity index (χ1n) is 7.42. The van der Waals surface area contributed by atoms with Crippen molar-refractivity contribution in [2.45, 2.75) is 4.90 Å². The van der Waals surface area contributed by atoms with Gasteiger partial charge in [-0.2, -0.15) is 0 Å². The van der Waals surface area contributed by atoms with E-state index < -0.39 is 0 Å². The van der Waals surface area contributed by atoms with Crippen molar-refractivity contribution < 1.29 is 0 Å². The summed E-state index contributed by atoms with van der Waals surface area (Å²) in [4.78, 5) is 6.97. The van der Waals surface area contributed by atoms with E-state index in [-0.39, 0.29) is 0 Å². The zero-order chi connectivity index (χ0) is 16.4. The summed E-state index contributed by atoms with van der Waals surface area (Å²) in [6.45, 7) is 0. The van der Waals surface area contributed by atoms with E-state index in [4.69, 9.17) is 4.98 Å². The first-order chi connectivity index (χ1) is 11.8. The second kappa shape index (κ2) is 6.59. The molecule has 0 aliphatic heterocycles. The topological polar surface area (TPSA) is 42.0 Å². The Hall–Kier alpha value is -2.44. The maximum Gasteiger partial charge on any atom is 0.188 e. The average molecular weight is 350 g/mol. The fourth-order valence-electron chi connectivity index (χ4n) is 2.43. The minimum absolute atomic E-state index is 0.752. The number of pyridine rings is 1. The normalized spacial score (nSPS) is 11.5. The van der Waals surface area contributed by atoms with E-state index in [1.54, 1.807) is 23.1 Å². The molecule has 0 saturated heterocycles. The number of nitrogens with zero attached hydrogens (tertiary/aromatic N) is 4. The summed E-state index contributed by atoms with van der Waals surface area (Å²) in [5.74, 6) is 0.752. The van der Waals surface area contributed by atoms with Crippen molar-refractivity contribution in [3.05, 3.63) is 66.2 Å². The van der Waals surface area contributed by atoms with Crippen molar-refractivity contribution >= 4 is 40.3 Å². The van der Waals surface area contributed by atoms with Crippen LogP contribution in [-0.4, -0.2) is 15.6 Å². The van der Waals surface area contributed by atoms with Gasteiger partial charge in [-0.25, -0.2) is 4.98 Å². The number of hydrogen-bond donors (Lipinski definition) is 0. The van der Waals surface area contributed by atoms with E-state index in [2.05, 4.69) is 28.6 Å². The Morgan fingerprint density at radius 3 is 2.83 bits per heavy atom. The van der Waals surface area contributed by atoms with E-state index in [0.29, 0.717) is 0 Å². The van der Waals surface area contributed by atoms with Crippen LogP contribution in [0, 0.1) is 0 Å². The molecular formula is C18H14N4S2. The Labute approximate surface area is 147 Å². The Bertz CT molecular complexity index is 1000. The minimum Gasteiger partial charge on any atom is -0.283 e. The molecule has 4 aromatic rings. The van der Waals surface area contributed by atoms with Crippen LogP contribution in [0.4, 0.5) is 11.5 Å². The highest BCUT2D eigenvalue weighted by Crippen LogP contribution is 2.34. The smallest absolute Gasteiger partial charge is 0.188 e. The zero-order valence-electron chi connectivity index (χ0n) is 13.0. The van der Waals surface area contributed by atoms with E-state index in [1.807, 2.05) is 58.4 Å². The maximum absolute atomic E-state index is 4.72. The molecule has 6 heteroatoms. The molecule has 1 aromatic carbocycles. The van der Waals surface area contributed by atoms with Crippen molar-refractivity contribution in [2.75, 3.05) is 6.26 Å². The monoisotopic (exact) mass is 350 g/mol. The molecule has 118 valence electrons. The summed E-state index contributed by atoms with van der Waals surface area (Å²) in [6, 6.07) is 18.0. The average Bonchev–Trinajstić information content (AvgIpc) is 3.27. The van der Waals surface area contributed by atoms with Crippen molar-refractivity contribution in [2.24, 2.45) is 10.2 Å². The van der Waals surface area contributed by atoms with Crippen LogP contribution in [0.15, 0.2) is 81.3 Å². The van der Waals surface area contributed by atoms with Gasteiger partial charge in [-0.3, -0.25) is 4.40 Å². The molecular weight excluding hydrogens is 336 g/mol. The van der Waals surface area contributed by atoms with Crippen LogP contribution < -0.4 is 0 Å². The summed E-state index contributed by atoms with van der Waals surface area (Å²) in [6.07, 6.45) is 4.02. The van der Waals surface area contributed by atoms with Crippen LogP contribution in [-0.2, 0) is 0 Å². The molecule has 4 rings (SSSR count). The fourth-order valence-corrected chi connectivity index (χ4v) is 3.60. The summed E-state index contributed by atoms with van der Waals surface area (Å²) in [5.41, 5.74) is 2.57. The molecule has 0 spiro atoms. The standard InChI is InChI=1S/C18H14N4S2/c1-23-14-7-4-6-13(12-14)20-21-18-17(15-8-5-11-24-15)19-16-9-2-3-10-22(16)18/h2-12H,1H3. The van der Waals surface area contributed by atoms with Crippen molar-refractivity contribution in [1.82, 2.24) is 9.38 Å². The van der Waals surface area contributed by atoms with Gasteiger partial charge in [0.25, 0.3) is 0 Å². The number of rotatable bonds is 4. The zero-order valence-corrected chi connectivity index (χ0v) is 14.6. The van der Waals surface area contributed by atoms with Crippen molar-refractivity contribution in [3.63, 3.8) is 0 Å². The van der Waals surface area contributed by atoms with Crippen molar-refractivity contribution in [1.29, 1.82) is 0 Å². The molecule has 0 N–H and O–H groups in total. The molecule has 0 amide bonds. The van der Waals surface area contributed by atoms with Crippen LogP contribution >= 0.6 is 23.1 Å². The Morgan fingerprint density at radius 2 is 2.00 bits per heavy atom. The number of thioether (sulfide) groups is 1. The van der Waals surface area contributed by atoms with E-state index in [0.717, 1.165) is 27.7 Å². The number of hydrogen-bond acceptors (Lipinski definition) is 5. The van der Waals surface area contributed by atoms with Crippen LogP contribution in [0.5, 0.6) is 0 Å². The highest BCUT2D eigenvalue weighted by atomic mass is 32.2. The largest absolute Gasteiger partial charge is 0.283 e. The Morgan fingerprint density at radius 1 is 1.04 bits per heavy atom. The molecule has 0 aliphatic carbocycles. The molecule has 3 heterocycles. The van der Waals surface area contributed by atoms with Crippen LogP contribution in [0.1, 0.15) is 0 Å². The predicted molar refractivity (Wildman–Crippen MR) is 101 cm³/mol. The van der Waals surface area contributed by atoms with Gasteiger partial charge in [0.2, 0.25) is 0 Å². The molecule has 24 heavy (non-hydrogen) atoms. The van der Waals surface area contributed by atoms with Gasteiger partial charge < -0.3 is 0 Å². The lowest BCUT2D eigenvalue weighted by molar-refractivity contribution is 1.10. The molecule has 0 atom stereocenters. The summed E-state index contributed by atoms with van der Waals surface area (Å²) in [7, 11) is 0. The van der Waals surface area contributed by atoms with Gasteiger partial charge in [-0.05, 0) is 48.0 Å². The van der Waals surface area contributed by atoms with E-state index in [9.17, 15) is 0 Å². The van der Waals surface area contributed by atoms with Gasteiger partial charge in [0.15, 0.2) is 5.82 Å². The number of azo groups is 1. The summed E-state index contributed by atoms with van der Waals surface area (Å²) < 4.78 is 1.97. The minimum atomic E-state index is 0.752. The van der Waals surface area contributed by atoms with Gasteiger partial charge in [0.05, 0.1) is 10.6 Å². The number of thiophene rings is 1.